The number of halogens is 4. The van der Waals surface area contributed by atoms with Gasteiger partial charge in [0.2, 0.25) is 5.91 Å². The highest BCUT2D eigenvalue weighted by Gasteiger charge is 2.45. The van der Waals surface area contributed by atoms with E-state index in [9.17, 15) is 31.2 Å². The Labute approximate surface area is 256 Å². The molecule has 42 heavy (non-hydrogen) atoms. The Morgan fingerprint density at radius 3 is 2.31 bits per heavy atom. The molecule has 2 amide bonds. The first kappa shape index (κ1) is 31.8. The number of carbonyl (C=O) groups is 2. The van der Waals surface area contributed by atoms with Gasteiger partial charge in [-0.25, -0.2) is 13.1 Å². The Morgan fingerprint density at radius 1 is 1.05 bits per heavy atom. The van der Waals surface area contributed by atoms with Gasteiger partial charge in [-0.1, -0.05) is 18.2 Å². The zero-order chi connectivity index (χ0) is 30.7. The first-order chi connectivity index (χ1) is 19.8. The van der Waals surface area contributed by atoms with E-state index in [0.717, 1.165) is 14.8 Å². The number of benzene rings is 3. The third-order valence-corrected chi connectivity index (χ3v) is 8.74. The third-order valence-electron chi connectivity index (χ3n) is 6.82. The molecule has 2 atom stereocenters. The molecule has 1 aliphatic rings. The smallest absolute Gasteiger partial charge is 0.494 e. The van der Waals surface area contributed by atoms with Gasteiger partial charge >= 0.3 is 15.5 Å². The average molecular weight is 716 g/mol. The van der Waals surface area contributed by atoms with Gasteiger partial charge in [0, 0.05) is 40.0 Å². The molecule has 4 rings (SSSR count). The summed E-state index contributed by atoms with van der Waals surface area (Å²) in [6.45, 7) is 3.01. The number of hydrogen-bond donors (Lipinski definition) is 1. The van der Waals surface area contributed by atoms with Crippen LogP contribution in [0.2, 0.25) is 0 Å². The van der Waals surface area contributed by atoms with Crippen LogP contribution in [0.3, 0.4) is 0 Å². The topological polar surface area (TPSA) is 96.0 Å². The maximum absolute atomic E-state index is 13.7. The van der Waals surface area contributed by atoms with Gasteiger partial charge < -0.3 is 14.5 Å². The number of para-hydroxylation sites is 1. The zero-order valence-electron chi connectivity index (χ0n) is 22.8. The van der Waals surface area contributed by atoms with Crippen molar-refractivity contribution in [3.05, 3.63) is 87.5 Å². The van der Waals surface area contributed by atoms with Crippen LogP contribution in [-0.2, 0) is 14.8 Å². The molecule has 0 saturated heterocycles. The van der Waals surface area contributed by atoms with Gasteiger partial charge in [-0.3, -0.25) is 9.59 Å². The minimum Gasteiger partial charge on any atom is -0.494 e. The Kier molecular flexibility index (Phi) is 9.83. The molecule has 1 aliphatic heterocycles. The first-order valence-corrected chi connectivity index (χ1v) is 15.6. The summed E-state index contributed by atoms with van der Waals surface area (Å²) in [5.74, 6) is 0.0495. The number of carbonyl (C=O) groups excluding carboxylic acids is 2. The Hall–Kier alpha value is -3.17. The van der Waals surface area contributed by atoms with Crippen LogP contribution in [-0.4, -0.2) is 44.9 Å². The molecule has 0 unspecified atom stereocenters. The summed E-state index contributed by atoms with van der Waals surface area (Å²) in [6.07, 6.45) is 0.534. The SMILES string of the molecule is CC(=O)N(c1ccc(I)cc1)[C@@H]1C[C@H](C)N(C(=O)c2ccc(OCCCNS(=O)(=O)C(F)(F)F)cc2)c2ccccc21. The number of nitrogens with one attached hydrogen (secondary N) is 1. The van der Waals surface area contributed by atoms with Crippen molar-refractivity contribution in [3.63, 3.8) is 0 Å². The number of fused-ring (bicyclic) bond motifs is 1. The molecule has 1 heterocycles. The number of amides is 2. The molecule has 0 saturated carbocycles. The Bertz CT molecular complexity index is 1530. The molecule has 0 aromatic heterocycles. The van der Waals surface area contributed by atoms with Crippen LogP contribution < -0.4 is 19.3 Å². The maximum atomic E-state index is 13.7. The van der Waals surface area contributed by atoms with Gasteiger partial charge in [-0.05, 0) is 103 Å². The molecule has 0 fully saturated rings. The number of ether oxygens (including phenoxy) is 1. The molecule has 224 valence electrons. The van der Waals surface area contributed by atoms with Crippen LogP contribution in [0.5, 0.6) is 5.75 Å². The van der Waals surface area contributed by atoms with Crippen molar-refractivity contribution in [3.8, 4) is 5.75 Å². The normalized spacial score (nSPS) is 17.0. The lowest BCUT2D eigenvalue weighted by atomic mass is 9.89. The Morgan fingerprint density at radius 2 is 1.69 bits per heavy atom. The summed E-state index contributed by atoms with van der Waals surface area (Å²) in [6, 6.07) is 21.1. The number of sulfonamides is 1. The lowest BCUT2D eigenvalue weighted by molar-refractivity contribution is -0.117. The van der Waals surface area contributed by atoms with E-state index in [2.05, 4.69) is 22.6 Å². The van der Waals surface area contributed by atoms with E-state index in [0.29, 0.717) is 23.4 Å². The third kappa shape index (κ3) is 7.06. The fraction of sp³-hybridized carbons (Fsp3) is 0.310. The second-order valence-electron chi connectivity index (χ2n) is 9.77. The predicted octanol–water partition coefficient (Wildman–Crippen LogP) is 6.03. The molecular weight excluding hydrogens is 686 g/mol. The summed E-state index contributed by atoms with van der Waals surface area (Å²) < 4.78 is 67.3. The first-order valence-electron chi connectivity index (χ1n) is 13.1. The number of anilines is 2. The summed E-state index contributed by atoms with van der Waals surface area (Å²) in [7, 11) is -5.39. The fourth-order valence-corrected chi connectivity index (χ4v) is 5.84. The van der Waals surface area contributed by atoms with Crippen molar-refractivity contribution in [2.24, 2.45) is 0 Å². The highest BCUT2D eigenvalue weighted by Crippen LogP contribution is 2.42. The highest BCUT2D eigenvalue weighted by atomic mass is 127. The average Bonchev–Trinajstić information content (AvgIpc) is 2.93. The van der Waals surface area contributed by atoms with Gasteiger partial charge in [0.1, 0.15) is 5.75 Å². The molecule has 3 aromatic carbocycles. The summed E-state index contributed by atoms with van der Waals surface area (Å²) in [4.78, 5) is 30.1. The predicted molar refractivity (Wildman–Crippen MR) is 162 cm³/mol. The van der Waals surface area contributed by atoms with Crippen molar-refractivity contribution in [2.75, 3.05) is 23.0 Å². The number of nitrogens with zero attached hydrogens (tertiary/aromatic N) is 2. The van der Waals surface area contributed by atoms with Crippen LogP contribution in [0.1, 0.15) is 48.7 Å². The van der Waals surface area contributed by atoms with Crippen LogP contribution in [0, 0.1) is 3.57 Å². The lowest BCUT2D eigenvalue weighted by Gasteiger charge is -2.43. The summed E-state index contributed by atoms with van der Waals surface area (Å²) in [5, 5.41) is 0. The van der Waals surface area contributed by atoms with E-state index in [4.69, 9.17) is 4.74 Å². The van der Waals surface area contributed by atoms with Crippen LogP contribution in [0.15, 0.2) is 72.8 Å². The molecule has 0 bridgehead atoms. The molecule has 0 radical (unpaired) electrons. The number of hydrogen-bond acceptors (Lipinski definition) is 5. The maximum Gasteiger partial charge on any atom is 0.511 e. The van der Waals surface area contributed by atoms with Crippen LogP contribution >= 0.6 is 22.6 Å². The largest absolute Gasteiger partial charge is 0.511 e. The number of rotatable bonds is 9. The fourth-order valence-electron chi connectivity index (χ4n) is 4.90. The van der Waals surface area contributed by atoms with Crippen molar-refractivity contribution in [2.45, 2.75) is 44.3 Å². The molecule has 0 spiro atoms. The van der Waals surface area contributed by atoms with Crippen molar-refractivity contribution < 1.29 is 35.9 Å². The van der Waals surface area contributed by atoms with E-state index in [-0.39, 0.29) is 36.9 Å². The van der Waals surface area contributed by atoms with Crippen molar-refractivity contribution >= 4 is 55.8 Å². The van der Waals surface area contributed by atoms with Crippen LogP contribution in [0.4, 0.5) is 24.5 Å². The standard InChI is InChI=1S/C29H29F3IN3O5S/c1-19-18-27(36(20(2)37)23-12-10-22(33)11-13-23)25-6-3-4-7-26(25)35(19)28(38)21-8-14-24(15-9-21)41-17-5-16-34-42(39,40)29(30,31)32/h3-4,6-15,19,27,34H,5,16-18H2,1-2H3/t19-,27+/m0/s1. The van der Waals surface area contributed by atoms with E-state index >= 15 is 0 Å². The zero-order valence-corrected chi connectivity index (χ0v) is 25.7. The minimum absolute atomic E-state index is 0.0126. The number of alkyl halides is 3. The second-order valence-corrected chi connectivity index (χ2v) is 12.8. The quantitative estimate of drug-likeness (QED) is 0.216. The molecule has 1 N–H and O–H groups in total. The Balaban J connectivity index is 1.47. The van der Waals surface area contributed by atoms with Gasteiger partial charge in [-0.15, -0.1) is 0 Å². The van der Waals surface area contributed by atoms with Crippen LogP contribution in [0.25, 0.3) is 0 Å². The second kappa shape index (κ2) is 13.0. The van der Waals surface area contributed by atoms with Gasteiger partial charge in [0.25, 0.3) is 5.91 Å². The van der Waals surface area contributed by atoms with E-state index in [1.165, 1.54) is 11.6 Å². The summed E-state index contributed by atoms with van der Waals surface area (Å²) in [5.41, 5.74) is -2.61. The van der Waals surface area contributed by atoms with E-state index in [1.54, 1.807) is 34.1 Å². The summed E-state index contributed by atoms with van der Waals surface area (Å²) >= 11 is 2.21. The molecule has 13 heteroatoms. The molecule has 3 aromatic rings. The van der Waals surface area contributed by atoms with Gasteiger partial charge in [0.05, 0.1) is 12.6 Å². The minimum atomic E-state index is -5.39. The monoisotopic (exact) mass is 715 g/mol. The molecule has 0 aliphatic carbocycles. The van der Waals surface area contributed by atoms with E-state index < -0.39 is 22.1 Å². The van der Waals surface area contributed by atoms with Gasteiger partial charge in [0.15, 0.2) is 0 Å². The van der Waals surface area contributed by atoms with E-state index in [1.807, 2.05) is 55.5 Å². The van der Waals surface area contributed by atoms with Crippen molar-refractivity contribution in [1.82, 2.24) is 4.72 Å². The van der Waals surface area contributed by atoms with Gasteiger partial charge in [-0.2, -0.15) is 13.2 Å². The molecular formula is C29H29F3IN3O5S. The molecule has 8 nitrogen and oxygen atoms in total. The van der Waals surface area contributed by atoms with Crippen molar-refractivity contribution in [1.29, 1.82) is 0 Å². The lowest BCUT2D eigenvalue weighted by Crippen LogP contribution is -2.47. The highest BCUT2D eigenvalue weighted by molar-refractivity contribution is 14.1.